The van der Waals surface area contributed by atoms with Crippen molar-refractivity contribution in [3.8, 4) is 0 Å². The standard InChI is InChI=1S/C27H26Cl4N2O2S/c1-2-32-27(35)25(14-18-7-4-3-5-8-18)33(15-20-21(28)9-6-10-22(20)29)26(34)17-36-16-19-11-12-23(30)24(31)13-19/h3-13,25H,2,14-17H2,1H3,(H,32,35)/t25-/m1/s1. The van der Waals surface area contributed by atoms with Crippen molar-refractivity contribution in [1.82, 2.24) is 10.2 Å². The van der Waals surface area contributed by atoms with Crippen molar-refractivity contribution in [2.24, 2.45) is 0 Å². The number of amides is 2. The van der Waals surface area contributed by atoms with E-state index in [-0.39, 0.29) is 24.1 Å². The molecule has 0 saturated carbocycles. The molecule has 190 valence electrons. The summed E-state index contributed by atoms with van der Waals surface area (Å²) in [7, 11) is 0. The SMILES string of the molecule is CCNC(=O)[C@@H](Cc1ccccc1)N(Cc1c(Cl)cccc1Cl)C(=O)CSCc1ccc(Cl)c(Cl)c1. The molecule has 4 nitrogen and oxygen atoms in total. The second kappa shape index (κ2) is 14.2. The molecule has 1 atom stereocenters. The molecule has 1 N–H and O–H groups in total. The van der Waals surface area contributed by atoms with Crippen molar-refractivity contribution >= 4 is 70.0 Å². The summed E-state index contributed by atoms with van der Waals surface area (Å²) in [6.07, 6.45) is 0.359. The summed E-state index contributed by atoms with van der Waals surface area (Å²) in [5.41, 5.74) is 2.50. The molecule has 0 bridgehead atoms. The molecule has 0 aliphatic rings. The Kier molecular flexibility index (Phi) is 11.3. The summed E-state index contributed by atoms with van der Waals surface area (Å²) in [5, 5.41) is 4.71. The highest BCUT2D eigenvalue weighted by Gasteiger charge is 2.31. The Balaban J connectivity index is 1.87. The van der Waals surface area contributed by atoms with Gasteiger partial charge < -0.3 is 10.2 Å². The molecule has 2 amide bonds. The van der Waals surface area contributed by atoms with Crippen LogP contribution in [0, 0.1) is 0 Å². The van der Waals surface area contributed by atoms with Crippen LogP contribution in [-0.2, 0) is 28.3 Å². The van der Waals surface area contributed by atoms with E-state index in [4.69, 9.17) is 46.4 Å². The molecule has 0 unspecified atom stereocenters. The monoisotopic (exact) mass is 582 g/mol. The van der Waals surface area contributed by atoms with Crippen LogP contribution in [0.25, 0.3) is 0 Å². The van der Waals surface area contributed by atoms with Crippen LogP contribution < -0.4 is 5.32 Å². The predicted octanol–water partition coefficient (Wildman–Crippen LogP) is 7.31. The minimum atomic E-state index is -0.738. The average Bonchev–Trinajstić information content (AvgIpc) is 2.85. The molecule has 0 radical (unpaired) electrons. The summed E-state index contributed by atoms with van der Waals surface area (Å²) >= 11 is 26.5. The maximum atomic E-state index is 13.6. The highest BCUT2D eigenvalue weighted by atomic mass is 35.5. The van der Waals surface area contributed by atoms with Gasteiger partial charge in [-0.25, -0.2) is 0 Å². The number of likely N-dealkylation sites (N-methyl/N-ethyl adjacent to an activating group) is 1. The van der Waals surface area contributed by atoms with Crippen molar-refractivity contribution in [3.05, 3.63) is 104 Å². The molecule has 0 fully saturated rings. The second-order valence-electron chi connectivity index (χ2n) is 8.06. The van der Waals surface area contributed by atoms with Crippen LogP contribution in [-0.4, -0.2) is 35.1 Å². The predicted molar refractivity (Wildman–Crippen MR) is 152 cm³/mol. The molecule has 0 aliphatic carbocycles. The third-order valence-electron chi connectivity index (χ3n) is 5.49. The number of halogens is 4. The molecule has 0 saturated heterocycles. The fraction of sp³-hybridized carbons (Fsp3) is 0.259. The number of rotatable bonds is 11. The quantitative estimate of drug-likeness (QED) is 0.257. The van der Waals surface area contributed by atoms with Gasteiger partial charge >= 0.3 is 0 Å². The molecule has 0 heterocycles. The fourth-order valence-electron chi connectivity index (χ4n) is 3.67. The second-order valence-corrected chi connectivity index (χ2v) is 10.7. The molecule has 3 aromatic rings. The number of carbonyl (C=O) groups is 2. The topological polar surface area (TPSA) is 49.4 Å². The van der Waals surface area contributed by atoms with Gasteiger partial charge in [-0.15, -0.1) is 11.8 Å². The Morgan fingerprint density at radius 1 is 0.861 bits per heavy atom. The normalized spacial score (nSPS) is 11.7. The Bertz CT molecular complexity index is 1170. The molecule has 3 aromatic carbocycles. The highest BCUT2D eigenvalue weighted by molar-refractivity contribution is 7.99. The smallest absolute Gasteiger partial charge is 0.243 e. The van der Waals surface area contributed by atoms with Gasteiger partial charge in [-0.3, -0.25) is 9.59 Å². The minimum Gasteiger partial charge on any atom is -0.355 e. The first kappa shape index (κ1) is 28.7. The Morgan fingerprint density at radius 3 is 2.19 bits per heavy atom. The third-order valence-corrected chi connectivity index (χ3v) is 7.93. The number of thioether (sulfide) groups is 1. The van der Waals surface area contributed by atoms with E-state index < -0.39 is 6.04 Å². The van der Waals surface area contributed by atoms with E-state index in [1.54, 1.807) is 35.2 Å². The van der Waals surface area contributed by atoms with Gasteiger partial charge in [-0.2, -0.15) is 0 Å². The van der Waals surface area contributed by atoms with E-state index in [0.29, 0.717) is 44.4 Å². The van der Waals surface area contributed by atoms with Crippen LogP contribution in [0.5, 0.6) is 0 Å². The Hall–Kier alpha value is -1.89. The van der Waals surface area contributed by atoms with E-state index in [9.17, 15) is 9.59 Å². The van der Waals surface area contributed by atoms with Crippen LogP contribution in [0.3, 0.4) is 0 Å². The van der Waals surface area contributed by atoms with E-state index in [2.05, 4.69) is 5.32 Å². The van der Waals surface area contributed by atoms with E-state index >= 15 is 0 Å². The van der Waals surface area contributed by atoms with Crippen LogP contribution in [0.1, 0.15) is 23.6 Å². The van der Waals surface area contributed by atoms with Crippen molar-refractivity contribution in [2.75, 3.05) is 12.3 Å². The number of nitrogens with zero attached hydrogens (tertiary/aromatic N) is 1. The summed E-state index contributed by atoms with van der Waals surface area (Å²) < 4.78 is 0. The zero-order valence-electron chi connectivity index (χ0n) is 19.6. The van der Waals surface area contributed by atoms with E-state index in [1.165, 1.54) is 11.8 Å². The lowest BCUT2D eigenvalue weighted by Gasteiger charge is -2.32. The van der Waals surface area contributed by atoms with E-state index in [0.717, 1.165) is 11.1 Å². The molecule has 36 heavy (non-hydrogen) atoms. The summed E-state index contributed by atoms with van der Waals surface area (Å²) in [4.78, 5) is 28.4. The number of nitrogens with one attached hydrogen (secondary N) is 1. The summed E-state index contributed by atoms with van der Waals surface area (Å²) in [5.74, 6) is 0.302. The van der Waals surface area contributed by atoms with Crippen molar-refractivity contribution in [3.63, 3.8) is 0 Å². The zero-order chi connectivity index (χ0) is 26.1. The lowest BCUT2D eigenvalue weighted by atomic mass is 10.0. The number of benzene rings is 3. The molecule has 3 rings (SSSR count). The van der Waals surface area contributed by atoms with Crippen LogP contribution in [0.4, 0.5) is 0 Å². The van der Waals surface area contributed by atoms with E-state index in [1.807, 2.05) is 43.3 Å². The first-order valence-electron chi connectivity index (χ1n) is 11.4. The summed E-state index contributed by atoms with van der Waals surface area (Å²) in [6, 6.07) is 19.5. The van der Waals surface area contributed by atoms with Crippen LogP contribution >= 0.6 is 58.2 Å². The first-order chi connectivity index (χ1) is 17.3. The average molecular weight is 584 g/mol. The number of hydrogen-bond donors (Lipinski definition) is 1. The van der Waals surface area contributed by atoms with Gasteiger partial charge in [0.25, 0.3) is 0 Å². The van der Waals surface area contributed by atoms with Gasteiger partial charge in [0.1, 0.15) is 6.04 Å². The largest absolute Gasteiger partial charge is 0.355 e. The number of carbonyl (C=O) groups excluding carboxylic acids is 2. The van der Waals surface area contributed by atoms with Gasteiger partial charge in [0, 0.05) is 40.9 Å². The zero-order valence-corrected chi connectivity index (χ0v) is 23.5. The van der Waals surface area contributed by atoms with Crippen LogP contribution in [0.2, 0.25) is 20.1 Å². The molecule has 0 spiro atoms. The highest BCUT2D eigenvalue weighted by Crippen LogP contribution is 2.28. The lowest BCUT2D eigenvalue weighted by Crippen LogP contribution is -2.51. The molecular weight excluding hydrogens is 558 g/mol. The van der Waals surface area contributed by atoms with Gasteiger partial charge in [0.2, 0.25) is 11.8 Å². The van der Waals surface area contributed by atoms with Crippen molar-refractivity contribution < 1.29 is 9.59 Å². The molecular formula is C27H26Cl4N2O2S. The maximum Gasteiger partial charge on any atom is 0.243 e. The third kappa shape index (κ3) is 8.06. The molecule has 0 aliphatic heterocycles. The fourth-order valence-corrected chi connectivity index (χ4v) is 5.36. The minimum absolute atomic E-state index is 0.110. The Labute approximate surface area is 236 Å². The van der Waals surface area contributed by atoms with Crippen LogP contribution in [0.15, 0.2) is 66.7 Å². The van der Waals surface area contributed by atoms with Crippen molar-refractivity contribution in [2.45, 2.75) is 31.7 Å². The molecule has 9 heteroatoms. The molecule has 0 aromatic heterocycles. The van der Waals surface area contributed by atoms with Gasteiger partial charge in [0.15, 0.2) is 0 Å². The maximum absolute atomic E-state index is 13.6. The first-order valence-corrected chi connectivity index (χ1v) is 14.0. The van der Waals surface area contributed by atoms with Gasteiger partial charge in [0.05, 0.1) is 15.8 Å². The van der Waals surface area contributed by atoms with Crippen molar-refractivity contribution in [1.29, 1.82) is 0 Å². The lowest BCUT2D eigenvalue weighted by molar-refractivity contribution is -0.139. The van der Waals surface area contributed by atoms with Gasteiger partial charge in [-0.1, -0.05) is 88.9 Å². The Morgan fingerprint density at radius 2 is 1.56 bits per heavy atom. The summed E-state index contributed by atoms with van der Waals surface area (Å²) in [6.45, 7) is 2.41. The number of hydrogen-bond acceptors (Lipinski definition) is 3. The van der Waals surface area contributed by atoms with Gasteiger partial charge in [-0.05, 0) is 42.3 Å².